The van der Waals surface area contributed by atoms with Crippen LogP contribution in [0.3, 0.4) is 0 Å². The maximum atomic E-state index is 4.78. The van der Waals surface area contributed by atoms with E-state index in [1.165, 1.54) is 28.4 Å². The van der Waals surface area contributed by atoms with Gasteiger partial charge in [0.15, 0.2) is 0 Å². The van der Waals surface area contributed by atoms with Crippen LogP contribution in [0.4, 0.5) is 0 Å². The highest BCUT2D eigenvalue weighted by Crippen LogP contribution is 2.20. The van der Waals surface area contributed by atoms with Gasteiger partial charge in [-0.15, -0.1) is 0 Å². The van der Waals surface area contributed by atoms with Gasteiger partial charge < -0.3 is 9.88 Å². The number of imidazole rings is 1. The first-order valence-electron chi connectivity index (χ1n) is 6.48. The Bertz CT molecular complexity index is 555. The zero-order valence-electron chi connectivity index (χ0n) is 10.9. The Kier molecular flexibility index (Phi) is 3.31. The molecule has 3 rings (SSSR count). The number of hydrogen-bond donors (Lipinski definition) is 1. The van der Waals surface area contributed by atoms with E-state index in [0.29, 0.717) is 6.04 Å². The molecule has 0 bridgehead atoms. The molecule has 96 valence electrons. The van der Waals surface area contributed by atoms with Crippen LogP contribution >= 0.6 is 11.8 Å². The molecule has 0 saturated carbocycles. The Hall–Kier alpha value is -1.00. The standard InChI is InChI=1S/C14H19N3S/c1-10-4-3-5-12-14(10)17(2)13(16-12)8-11-9-18-7-6-15-11/h3-5,11,15H,6-9H2,1-2H3. The summed E-state index contributed by atoms with van der Waals surface area (Å²) in [5, 5.41) is 3.58. The molecule has 2 aromatic rings. The van der Waals surface area contributed by atoms with E-state index in [9.17, 15) is 0 Å². The number of thioether (sulfide) groups is 1. The Morgan fingerprint density at radius 1 is 1.50 bits per heavy atom. The maximum Gasteiger partial charge on any atom is 0.111 e. The minimum absolute atomic E-state index is 0.569. The Balaban J connectivity index is 1.92. The van der Waals surface area contributed by atoms with Gasteiger partial charge in [0, 0.05) is 37.6 Å². The SMILES string of the molecule is Cc1cccc2nc(CC3CSCCN3)n(C)c12. The highest BCUT2D eigenvalue weighted by molar-refractivity contribution is 7.99. The zero-order valence-corrected chi connectivity index (χ0v) is 11.8. The van der Waals surface area contributed by atoms with Gasteiger partial charge in [-0.1, -0.05) is 12.1 Å². The first-order valence-corrected chi connectivity index (χ1v) is 7.63. The lowest BCUT2D eigenvalue weighted by molar-refractivity contribution is 0.543. The molecule has 0 radical (unpaired) electrons. The molecule has 1 fully saturated rings. The first kappa shape index (κ1) is 12.1. The lowest BCUT2D eigenvalue weighted by Gasteiger charge is -2.22. The van der Waals surface area contributed by atoms with Crippen LogP contribution in [0.5, 0.6) is 0 Å². The Morgan fingerprint density at radius 2 is 2.39 bits per heavy atom. The summed E-state index contributed by atoms with van der Waals surface area (Å²) in [7, 11) is 2.13. The van der Waals surface area contributed by atoms with E-state index in [0.717, 1.165) is 18.5 Å². The van der Waals surface area contributed by atoms with Crippen molar-refractivity contribution in [3.63, 3.8) is 0 Å². The highest BCUT2D eigenvalue weighted by Gasteiger charge is 2.17. The molecule has 1 aliphatic rings. The fourth-order valence-electron chi connectivity index (χ4n) is 2.67. The lowest BCUT2D eigenvalue weighted by Crippen LogP contribution is -2.39. The minimum Gasteiger partial charge on any atom is -0.331 e. The molecule has 18 heavy (non-hydrogen) atoms. The summed E-state index contributed by atoms with van der Waals surface area (Å²) in [6.45, 7) is 3.28. The first-order chi connectivity index (χ1) is 8.75. The number of benzene rings is 1. The van der Waals surface area contributed by atoms with Gasteiger partial charge in [-0.25, -0.2) is 4.98 Å². The van der Waals surface area contributed by atoms with Crippen LogP contribution in [-0.2, 0) is 13.5 Å². The number of aryl methyl sites for hydroxylation is 2. The molecule has 1 unspecified atom stereocenters. The summed E-state index contributed by atoms with van der Waals surface area (Å²) < 4.78 is 2.26. The van der Waals surface area contributed by atoms with E-state index in [-0.39, 0.29) is 0 Å². The molecule has 1 aromatic heterocycles. The molecule has 1 atom stereocenters. The van der Waals surface area contributed by atoms with Crippen LogP contribution in [0.1, 0.15) is 11.4 Å². The van der Waals surface area contributed by atoms with Crippen molar-refractivity contribution in [3.05, 3.63) is 29.6 Å². The van der Waals surface area contributed by atoms with Gasteiger partial charge in [0.05, 0.1) is 11.0 Å². The monoisotopic (exact) mass is 261 g/mol. The number of nitrogens with zero attached hydrogens (tertiary/aromatic N) is 2. The smallest absolute Gasteiger partial charge is 0.111 e. The fourth-order valence-corrected chi connectivity index (χ4v) is 3.62. The topological polar surface area (TPSA) is 29.9 Å². The van der Waals surface area contributed by atoms with Crippen LogP contribution in [0.15, 0.2) is 18.2 Å². The van der Waals surface area contributed by atoms with E-state index < -0.39 is 0 Å². The van der Waals surface area contributed by atoms with Crippen LogP contribution in [0.2, 0.25) is 0 Å². The number of hydrogen-bond acceptors (Lipinski definition) is 3. The molecule has 0 spiro atoms. The average molecular weight is 261 g/mol. The summed E-state index contributed by atoms with van der Waals surface area (Å²) >= 11 is 2.04. The van der Waals surface area contributed by atoms with Gasteiger partial charge in [-0.2, -0.15) is 11.8 Å². The number of para-hydroxylation sites is 1. The summed E-state index contributed by atoms with van der Waals surface area (Å²) in [4.78, 5) is 4.78. The minimum atomic E-state index is 0.569. The van der Waals surface area contributed by atoms with Crippen molar-refractivity contribution < 1.29 is 0 Å². The van der Waals surface area contributed by atoms with Crippen LogP contribution in [0, 0.1) is 6.92 Å². The second-order valence-electron chi connectivity index (χ2n) is 4.96. The molecule has 1 saturated heterocycles. The number of rotatable bonds is 2. The van der Waals surface area contributed by atoms with Crippen molar-refractivity contribution in [3.8, 4) is 0 Å². The van der Waals surface area contributed by atoms with Crippen molar-refractivity contribution in [2.24, 2.45) is 7.05 Å². The van der Waals surface area contributed by atoms with Crippen LogP contribution in [0.25, 0.3) is 11.0 Å². The summed E-state index contributed by atoms with van der Waals surface area (Å²) in [6.07, 6.45) is 1.03. The molecule has 1 aliphatic heterocycles. The molecule has 1 N–H and O–H groups in total. The number of aromatic nitrogens is 2. The summed E-state index contributed by atoms with van der Waals surface area (Å²) in [6, 6.07) is 6.92. The predicted octanol–water partition coefficient (Wildman–Crippen LogP) is 2.13. The van der Waals surface area contributed by atoms with Gasteiger partial charge in [0.2, 0.25) is 0 Å². The largest absolute Gasteiger partial charge is 0.331 e. The third-order valence-corrected chi connectivity index (χ3v) is 4.75. The average Bonchev–Trinajstić information content (AvgIpc) is 2.69. The lowest BCUT2D eigenvalue weighted by atomic mass is 10.2. The molecule has 3 nitrogen and oxygen atoms in total. The van der Waals surface area contributed by atoms with Crippen LogP contribution in [-0.4, -0.2) is 33.6 Å². The van der Waals surface area contributed by atoms with Gasteiger partial charge in [-0.05, 0) is 18.6 Å². The van der Waals surface area contributed by atoms with E-state index in [2.05, 4.69) is 42.1 Å². The fraction of sp³-hybridized carbons (Fsp3) is 0.500. The molecular weight excluding hydrogens is 242 g/mol. The maximum absolute atomic E-state index is 4.78. The third-order valence-electron chi connectivity index (χ3n) is 3.62. The van der Waals surface area contributed by atoms with Gasteiger partial charge in [0.25, 0.3) is 0 Å². The van der Waals surface area contributed by atoms with Crippen molar-refractivity contribution in [1.29, 1.82) is 0 Å². The van der Waals surface area contributed by atoms with E-state index in [1.807, 2.05) is 11.8 Å². The third kappa shape index (κ3) is 2.15. The van der Waals surface area contributed by atoms with E-state index in [1.54, 1.807) is 0 Å². The quantitative estimate of drug-likeness (QED) is 0.898. The summed E-state index contributed by atoms with van der Waals surface area (Å²) in [5.74, 6) is 3.62. The summed E-state index contributed by atoms with van der Waals surface area (Å²) in [5.41, 5.74) is 3.70. The highest BCUT2D eigenvalue weighted by atomic mass is 32.2. The second kappa shape index (κ2) is 4.94. The molecule has 0 aliphatic carbocycles. The van der Waals surface area contributed by atoms with Gasteiger partial charge in [0.1, 0.15) is 5.82 Å². The van der Waals surface area contributed by atoms with Gasteiger partial charge >= 0.3 is 0 Å². The molecule has 1 aromatic carbocycles. The predicted molar refractivity (Wildman–Crippen MR) is 78.3 cm³/mol. The second-order valence-corrected chi connectivity index (χ2v) is 6.11. The molecule has 4 heteroatoms. The van der Waals surface area contributed by atoms with Crippen molar-refractivity contribution in [2.45, 2.75) is 19.4 Å². The van der Waals surface area contributed by atoms with E-state index >= 15 is 0 Å². The number of nitrogens with one attached hydrogen (secondary N) is 1. The van der Waals surface area contributed by atoms with Crippen molar-refractivity contribution >= 4 is 22.8 Å². The zero-order chi connectivity index (χ0) is 12.5. The van der Waals surface area contributed by atoms with Crippen molar-refractivity contribution in [2.75, 3.05) is 18.1 Å². The van der Waals surface area contributed by atoms with Crippen LogP contribution < -0.4 is 5.32 Å². The van der Waals surface area contributed by atoms with Gasteiger partial charge in [-0.3, -0.25) is 0 Å². The number of fused-ring (bicyclic) bond motifs is 1. The molecule has 2 heterocycles. The van der Waals surface area contributed by atoms with E-state index in [4.69, 9.17) is 4.98 Å². The Labute approximate surface area is 112 Å². The van der Waals surface area contributed by atoms with Crippen molar-refractivity contribution in [1.82, 2.24) is 14.9 Å². The Morgan fingerprint density at radius 3 is 3.11 bits per heavy atom. The molecular formula is C14H19N3S. The molecule has 0 amide bonds. The normalized spacial score (nSPS) is 20.4.